The van der Waals surface area contributed by atoms with Gasteiger partial charge in [-0.05, 0) is 28.1 Å². The molecule has 0 amide bonds. The van der Waals surface area contributed by atoms with E-state index in [1.165, 1.54) is 18.2 Å². The topological polar surface area (TPSA) is 72.6 Å². The summed E-state index contributed by atoms with van der Waals surface area (Å²) in [5.41, 5.74) is -0.236. The molecule has 0 aliphatic carbocycles. The molecule has 1 aromatic rings. The molecule has 1 rings (SSSR count). The smallest absolute Gasteiger partial charge is 0.258 e. The molecule has 6 heteroatoms. The van der Waals surface area contributed by atoms with Crippen LogP contribution in [-0.4, -0.2) is 11.0 Å². The maximum atomic E-state index is 10.5. The van der Waals surface area contributed by atoms with Crippen LogP contribution in [0, 0.1) is 10.1 Å². The van der Waals surface area contributed by atoms with Crippen molar-refractivity contribution >= 4 is 33.4 Å². The lowest BCUT2D eigenvalue weighted by atomic mass is 10.3. The normalized spacial score (nSPS) is 9.00. The number of nitrogens with zero attached hydrogens (tertiary/aromatic N) is 2. The van der Waals surface area contributed by atoms with Gasteiger partial charge < -0.3 is 0 Å². The fourth-order valence-corrected chi connectivity index (χ4v) is 1.32. The third-order valence-corrected chi connectivity index (χ3v) is 1.95. The molecule has 0 N–H and O–H groups in total. The van der Waals surface area contributed by atoms with Gasteiger partial charge >= 0.3 is 5.69 Å². The second-order valence-corrected chi connectivity index (χ2v) is 2.92. The number of aliphatic imine (C=N–C) groups is 1. The Morgan fingerprint density at radius 2 is 2.23 bits per heavy atom. The number of para-hydroxylation sites is 1. The first-order valence-electron chi connectivity index (χ1n) is 3.17. The first kappa shape index (κ1) is 9.57. The lowest BCUT2D eigenvalue weighted by Crippen LogP contribution is -1.89. The zero-order valence-electron chi connectivity index (χ0n) is 6.23. The van der Waals surface area contributed by atoms with E-state index < -0.39 is 4.92 Å². The van der Waals surface area contributed by atoms with Gasteiger partial charge in [-0.15, -0.1) is 0 Å². The highest BCUT2D eigenvalue weighted by Gasteiger charge is 2.17. The Morgan fingerprint density at radius 1 is 1.54 bits per heavy atom. The van der Waals surface area contributed by atoms with Gasteiger partial charge in [-0.25, -0.2) is 4.79 Å². The van der Waals surface area contributed by atoms with Gasteiger partial charge in [0.25, 0.3) is 0 Å². The van der Waals surface area contributed by atoms with Crippen LogP contribution in [-0.2, 0) is 4.79 Å². The summed E-state index contributed by atoms with van der Waals surface area (Å²) in [5, 5.41) is 10.5. The van der Waals surface area contributed by atoms with E-state index in [0.717, 1.165) is 0 Å². The Labute approximate surface area is 81.4 Å². The van der Waals surface area contributed by atoms with Crippen LogP contribution in [0.25, 0.3) is 0 Å². The third kappa shape index (κ3) is 1.99. The Morgan fingerprint density at radius 3 is 2.77 bits per heavy atom. The van der Waals surface area contributed by atoms with Gasteiger partial charge in [0.05, 0.1) is 9.40 Å². The lowest BCUT2D eigenvalue weighted by Gasteiger charge is -1.96. The molecular weight excluding hydrogens is 240 g/mol. The number of isocyanates is 1. The Kier molecular flexibility index (Phi) is 2.89. The van der Waals surface area contributed by atoms with Crippen molar-refractivity contribution in [1.29, 1.82) is 0 Å². The van der Waals surface area contributed by atoms with Gasteiger partial charge in [-0.2, -0.15) is 4.99 Å². The van der Waals surface area contributed by atoms with Gasteiger partial charge in [0.2, 0.25) is 6.08 Å². The summed E-state index contributed by atoms with van der Waals surface area (Å²) in [5.74, 6) is 0. The molecule has 0 aliphatic rings. The van der Waals surface area contributed by atoms with Crippen molar-refractivity contribution in [3.8, 4) is 0 Å². The quantitative estimate of drug-likeness (QED) is 0.346. The summed E-state index contributed by atoms with van der Waals surface area (Å²) in [6.07, 6.45) is 1.26. The molecule has 1 aromatic carbocycles. The number of nitro groups is 1. The molecule has 0 radical (unpaired) electrons. The number of nitro benzene ring substituents is 1. The zero-order valence-corrected chi connectivity index (χ0v) is 7.82. The molecule has 0 aliphatic heterocycles. The van der Waals surface area contributed by atoms with Crippen LogP contribution >= 0.6 is 15.9 Å². The van der Waals surface area contributed by atoms with Crippen molar-refractivity contribution in [2.75, 3.05) is 0 Å². The van der Waals surface area contributed by atoms with E-state index in [0.29, 0.717) is 0 Å². The van der Waals surface area contributed by atoms with E-state index in [2.05, 4.69) is 20.9 Å². The predicted molar refractivity (Wildman–Crippen MR) is 48.6 cm³/mol. The molecule has 0 unspecified atom stereocenters. The van der Waals surface area contributed by atoms with Crippen molar-refractivity contribution in [3.63, 3.8) is 0 Å². The molecule has 0 aromatic heterocycles. The average molecular weight is 243 g/mol. The summed E-state index contributed by atoms with van der Waals surface area (Å²) < 4.78 is 0.286. The summed E-state index contributed by atoms with van der Waals surface area (Å²) in [4.78, 5) is 23.0. The Balaban J connectivity index is 3.42. The van der Waals surface area contributed by atoms with Crippen LogP contribution in [0.2, 0.25) is 0 Å². The number of halogens is 1. The van der Waals surface area contributed by atoms with Crippen LogP contribution in [0.15, 0.2) is 27.7 Å². The molecule has 0 fully saturated rings. The molecule has 5 nitrogen and oxygen atoms in total. The van der Waals surface area contributed by atoms with Crippen LogP contribution in [0.5, 0.6) is 0 Å². The molecule has 0 bridgehead atoms. The highest BCUT2D eigenvalue weighted by molar-refractivity contribution is 9.10. The summed E-state index contributed by atoms with van der Waals surface area (Å²) >= 11 is 2.99. The number of hydrogen-bond donors (Lipinski definition) is 0. The van der Waals surface area contributed by atoms with Gasteiger partial charge in [-0.1, -0.05) is 6.07 Å². The SMILES string of the molecule is O=C=Nc1cccc(Br)c1[N+](=O)[O-]. The fourth-order valence-electron chi connectivity index (χ4n) is 0.824. The molecular formula is C7H3BrN2O3. The summed E-state index contributed by atoms with van der Waals surface area (Å²) in [6.45, 7) is 0. The van der Waals surface area contributed by atoms with E-state index >= 15 is 0 Å². The molecule has 13 heavy (non-hydrogen) atoms. The number of hydrogen-bond acceptors (Lipinski definition) is 4. The van der Waals surface area contributed by atoms with E-state index in [4.69, 9.17) is 0 Å². The minimum Gasteiger partial charge on any atom is -0.258 e. The predicted octanol–water partition coefficient (Wildman–Crippen LogP) is 2.32. The van der Waals surface area contributed by atoms with Crippen LogP contribution in [0.3, 0.4) is 0 Å². The largest absolute Gasteiger partial charge is 0.309 e. The van der Waals surface area contributed by atoms with Crippen molar-refractivity contribution < 1.29 is 9.72 Å². The average Bonchev–Trinajstić information content (AvgIpc) is 2.04. The Hall–Kier alpha value is -1.52. The van der Waals surface area contributed by atoms with Crippen LogP contribution in [0.4, 0.5) is 11.4 Å². The minimum absolute atomic E-state index is 0.00521. The second-order valence-electron chi connectivity index (χ2n) is 2.07. The number of carbonyl (C=O) groups excluding carboxylic acids is 1. The van der Waals surface area contributed by atoms with E-state index in [9.17, 15) is 14.9 Å². The van der Waals surface area contributed by atoms with E-state index in [-0.39, 0.29) is 15.8 Å². The van der Waals surface area contributed by atoms with Crippen molar-refractivity contribution in [1.82, 2.24) is 0 Å². The van der Waals surface area contributed by atoms with E-state index in [1.54, 1.807) is 6.07 Å². The summed E-state index contributed by atoms with van der Waals surface area (Å²) in [7, 11) is 0. The minimum atomic E-state index is -0.611. The maximum Gasteiger partial charge on any atom is 0.309 e. The first-order valence-corrected chi connectivity index (χ1v) is 3.97. The lowest BCUT2D eigenvalue weighted by molar-refractivity contribution is -0.384. The van der Waals surface area contributed by atoms with Crippen LogP contribution in [0.1, 0.15) is 0 Å². The maximum absolute atomic E-state index is 10.5. The third-order valence-electron chi connectivity index (χ3n) is 1.31. The first-order chi connectivity index (χ1) is 6.16. The molecule has 66 valence electrons. The zero-order chi connectivity index (χ0) is 9.84. The van der Waals surface area contributed by atoms with Gasteiger partial charge in [0, 0.05) is 0 Å². The van der Waals surface area contributed by atoms with Gasteiger partial charge in [0.1, 0.15) is 0 Å². The Bertz CT molecular complexity index is 399. The van der Waals surface area contributed by atoms with Gasteiger partial charge in [0.15, 0.2) is 5.69 Å². The molecule has 0 saturated heterocycles. The van der Waals surface area contributed by atoms with Crippen molar-refractivity contribution in [2.24, 2.45) is 4.99 Å². The molecule has 0 spiro atoms. The fraction of sp³-hybridized carbons (Fsp3) is 0. The van der Waals surface area contributed by atoms with Gasteiger partial charge in [-0.3, -0.25) is 10.1 Å². The number of benzene rings is 1. The monoisotopic (exact) mass is 242 g/mol. The van der Waals surface area contributed by atoms with Crippen molar-refractivity contribution in [3.05, 3.63) is 32.8 Å². The standard InChI is InChI=1S/C7H3BrN2O3/c8-5-2-1-3-6(9-4-11)7(5)10(12)13/h1-3H. The van der Waals surface area contributed by atoms with Crippen LogP contribution < -0.4 is 0 Å². The van der Waals surface area contributed by atoms with Crippen molar-refractivity contribution in [2.45, 2.75) is 0 Å². The molecule has 0 heterocycles. The second kappa shape index (κ2) is 3.93. The van der Waals surface area contributed by atoms with E-state index in [1.807, 2.05) is 0 Å². The highest BCUT2D eigenvalue weighted by Crippen LogP contribution is 2.33. The molecule has 0 atom stereocenters. The highest BCUT2D eigenvalue weighted by atomic mass is 79.9. The molecule has 0 saturated carbocycles. The summed E-state index contributed by atoms with van der Waals surface area (Å²) in [6, 6.07) is 4.42. The number of rotatable bonds is 2.